The molecule has 0 spiro atoms. The lowest BCUT2D eigenvalue weighted by Gasteiger charge is -2.22. The molecule has 0 fully saturated rings. The van der Waals surface area contributed by atoms with Crippen LogP contribution in [-0.4, -0.2) is 28.4 Å². The van der Waals surface area contributed by atoms with Gasteiger partial charge < -0.3 is 23.9 Å². The number of hydrogen-bond donors (Lipinski definition) is 1. The van der Waals surface area contributed by atoms with Crippen molar-refractivity contribution in [2.45, 2.75) is 32.5 Å². The average molecular weight is 500 g/mol. The summed E-state index contributed by atoms with van der Waals surface area (Å²) in [4.78, 5) is 24.8. The average Bonchev–Trinajstić information content (AvgIpc) is 2.93. The van der Waals surface area contributed by atoms with Crippen molar-refractivity contribution in [3.63, 3.8) is 0 Å². The summed E-state index contributed by atoms with van der Waals surface area (Å²) in [6.07, 6.45) is 0.975. The molecule has 1 heterocycles. The maximum absolute atomic E-state index is 12.6. The first kappa shape index (κ1) is 25.9. The van der Waals surface area contributed by atoms with Gasteiger partial charge in [-0.2, -0.15) is 0 Å². The van der Waals surface area contributed by atoms with Gasteiger partial charge in [-0.25, -0.2) is 4.79 Å². The first-order valence-electron chi connectivity index (χ1n) is 12.0. The standard InChI is InChI=1S/C30H29NO6/c32-27-16-17-31(28(30(33)34)29(27)37-21-25-14-8-3-9-15-25)18-26(36-20-24-12-6-2-7-13-24)22-35-19-23-10-4-1-5-11-23/h1-17,26H,18-22H2,(H,33,34). The third-order valence-electron chi connectivity index (χ3n) is 5.70. The zero-order valence-electron chi connectivity index (χ0n) is 20.4. The van der Waals surface area contributed by atoms with E-state index in [4.69, 9.17) is 14.2 Å². The maximum Gasteiger partial charge on any atom is 0.356 e. The van der Waals surface area contributed by atoms with E-state index in [9.17, 15) is 14.7 Å². The normalized spacial score (nSPS) is 11.7. The molecule has 190 valence electrons. The largest absolute Gasteiger partial charge is 0.482 e. The minimum absolute atomic E-state index is 0.0779. The molecule has 3 aromatic carbocycles. The Kier molecular flexibility index (Phi) is 9.23. The Morgan fingerprint density at radius 3 is 1.86 bits per heavy atom. The fraction of sp³-hybridized carbons (Fsp3) is 0.200. The molecular weight excluding hydrogens is 470 g/mol. The van der Waals surface area contributed by atoms with Gasteiger partial charge in [0, 0.05) is 12.3 Å². The van der Waals surface area contributed by atoms with Gasteiger partial charge in [-0.15, -0.1) is 0 Å². The molecule has 1 N–H and O–H groups in total. The third-order valence-corrected chi connectivity index (χ3v) is 5.70. The fourth-order valence-electron chi connectivity index (χ4n) is 3.84. The van der Waals surface area contributed by atoms with Crippen molar-refractivity contribution < 1.29 is 24.1 Å². The lowest BCUT2D eigenvalue weighted by Crippen LogP contribution is -2.29. The molecule has 4 rings (SSSR count). The Bertz CT molecular complexity index is 1320. The molecule has 0 radical (unpaired) electrons. The number of rotatable bonds is 13. The Morgan fingerprint density at radius 1 is 0.757 bits per heavy atom. The quantitative estimate of drug-likeness (QED) is 0.281. The first-order valence-corrected chi connectivity index (χ1v) is 12.0. The highest BCUT2D eigenvalue weighted by Gasteiger charge is 2.22. The van der Waals surface area contributed by atoms with Gasteiger partial charge in [0.2, 0.25) is 5.43 Å². The second-order valence-corrected chi connectivity index (χ2v) is 8.51. The molecule has 0 saturated heterocycles. The Hall–Kier alpha value is -4.20. The maximum atomic E-state index is 12.6. The van der Waals surface area contributed by atoms with Crippen LogP contribution in [0.4, 0.5) is 0 Å². The van der Waals surface area contributed by atoms with Crippen molar-refractivity contribution in [2.75, 3.05) is 6.61 Å². The number of ether oxygens (including phenoxy) is 3. The van der Waals surface area contributed by atoms with Gasteiger partial charge in [0.15, 0.2) is 11.4 Å². The van der Waals surface area contributed by atoms with Gasteiger partial charge in [-0.1, -0.05) is 91.0 Å². The molecule has 7 nitrogen and oxygen atoms in total. The van der Waals surface area contributed by atoms with Gasteiger partial charge in [-0.05, 0) is 16.7 Å². The summed E-state index contributed by atoms with van der Waals surface area (Å²) in [6, 6.07) is 30.1. The minimum atomic E-state index is -1.26. The van der Waals surface area contributed by atoms with Crippen molar-refractivity contribution in [3.8, 4) is 5.75 Å². The van der Waals surface area contributed by atoms with Crippen molar-refractivity contribution in [1.82, 2.24) is 4.57 Å². The van der Waals surface area contributed by atoms with Gasteiger partial charge in [0.05, 0.1) is 32.5 Å². The van der Waals surface area contributed by atoms with Crippen LogP contribution in [0.25, 0.3) is 0 Å². The molecule has 0 saturated carbocycles. The second kappa shape index (κ2) is 13.2. The highest BCUT2D eigenvalue weighted by molar-refractivity contribution is 5.88. The van der Waals surface area contributed by atoms with Crippen LogP contribution in [0.1, 0.15) is 27.2 Å². The van der Waals surface area contributed by atoms with E-state index in [1.54, 1.807) is 0 Å². The van der Waals surface area contributed by atoms with E-state index in [1.165, 1.54) is 16.8 Å². The SMILES string of the molecule is O=C(O)c1c(OCc2ccccc2)c(=O)ccn1CC(COCc1ccccc1)OCc1ccccc1. The van der Waals surface area contributed by atoms with Gasteiger partial charge in [0.25, 0.3) is 0 Å². The summed E-state index contributed by atoms with van der Waals surface area (Å²) in [6.45, 7) is 1.19. The summed E-state index contributed by atoms with van der Waals surface area (Å²) >= 11 is 0. The highest BCUT2D eigenvalue weighted by atomic mass is 16.5. The lowest BCUT2D eigenvalue weighted by atomic mass is 10.2. The van der Waals surface area contributed by atoms with Crippen LogP contribution in [0.2, 0.25) is 0 Å². The predicted octanol–water partition coefficient (Wildman–Crippen LogP) is 4.93. The van der Waals surface area contributed by atoms with Crippen molar-refractivity contribution in [3.05, 3.63) is 136 Å². The molecule has 37 heavy (non-hydrogen) atoms. The summed E-state index contributed by atoms with van der Waals surface area (Å²) in [5.41, 5.74) is 2.12. The molecule has 0 amide bonds. The van der Waals surface area contributed by atoms with E-state index in [0.717, 1.165) is 16.7 Å². The summed E-state index contributed by atoms with van der Waals surface area (Å²) in [5.74, 6) is -1.46. The fourth-order valence-corrected chi connectivity index (χ4v) is 3.84. The molecule has 1 atom stereocenters. The zero-order valence-corrected chi connectivity index (χ0v) is 20.4. The molecule has 1 aromatic heterocycles. The Labute approximate surface area is 215 Å². The number of pyridine rings is 1. The molecular formula is C30H29NO6. The number of benzene rings is 3. The van der Waals surface area contributed by atoms with E-state index in [0.29, 0.717) is 13.2 Å². The van der Waals surface area contributed by atoms with Crippen LogP contribution in [0.5, 0.6) is 5.75 Å². The van der Waals surface area contributed by atoms with Crippen LogP contribution in [0, 0.1) is 0 Å². The monoisotopic (exact) mass is 499 g/mol. The van der Waals surface area contributed by atoms with Gasteiger partial charge >= 0.3 is 5.97 Å². The Balaban J connectivity index is 1.53. The number of nitrogens with zero attached hydrogens (tertiary/aromatic N) is 1. The van der Waals surface area contributed by atoms with Crippen molar-refractivity contribution >= 4 is 5.97 Å². The number of carboxylic acid groups (broad SMARTS) is 1. The molecule has 7 heteroatoms. The molecule has 1 unspecified atom stereocenters. The lowest BCUT2D eigenvalue weighted by molar-refractivity contribution is -0.0377. The van der Waals surface area contributed by atoms with Gasteiger partial charge in [-0.3, -0.25) is 4.79 Å². The van der Waals surface area contributed by atoms with Crippen molar-refractivity contribution in [2.24, 2.45) is 0 Å². The van der Waals surface area contributed by atoms with Crippen LogP contribution in [-0.2, 0) is 35.8 Å². The van der Waals surface area contributed by atoms with E-state index < -0.39 is 17.5 Å². The topological polar surface area (TPSA) is 87.0 Å². The van der Waals surface area contributed by atoms with Crippen LogP contribution < -0.4 is 10.2 Å². The summed E-state index contributed by atoms with van der Waals surface area (Å²) in [5, 5.41) is 10.0. The molecule has 0 aliphatic carbocycles. The number of aromatic carboxylic acids is 1. The van der Waals surface area contributed by atoms with Crippen LogP contribution >= 0.6 is 0 Å². The van der Waals surface area contributed by atoms with Crippen LogP contribution in [0.15, 0.2) is 108 Å². The van der Waals surface area contributed by atoms with Crippen LogP contribution in [0.3, 0.4) is 0 Å². The predicted molar refractivity (Wildman–Crippen MR) is 140 cm³/mol. The number of hydrogen-bond acceptors (Lipinski definition) is 5. The van der Waals surface area contributed by atoms with Crippen molar-refractivity contribution in [1.29, 1.82) is 0 Å². The van der Waals surface area contributed by atoms with E-state index in [1.807, 2.05) is 91.0 Å². The molecule has 0 aliphatic rings. The summed E-state index contributed by atoms with van der Waals surface area (Å²) in [7, 11) is 0. The number of carboxylic acids is 1. The second-order valence-electron chi connectivity index (χ2n) is 8.51. The molecule has 0 bridgehead atoms. The minimum Gasteiger partial charge on any atom is -0.482 e. The Morgan fingerprint density at radius 2 is 1.30 bits per heavy atom. The number of aromatic nitrogens is 1. The summed E-state index contributed by atoms with van der Waals surface area (Å²) < 4.78 is 19.3. The third kappa shape index (κ3) is 7.64. The van der Waals surface area contributed by atoms with E-state index in [2.05, 4.69) is 0 Å². The zero-order chi connectivity index (χ0) is 25.9. The molecule has 0 aliphatic heterocycles. The van der Waals surface area contributed by atoms with E-state index >= 15 is 0 Å². The van der Waals surface area contributed by atoms with Gasteiger partial charge in [0.1, 0.15) is 6.61 Å². The van der Waals surface area contributed by atoms with E-state index in [-0.39, 0.29) is 31.2 Å². The first-order chi connectivity index (χ1) is 18.1. The number of carbonyl (C=O) groups is 1. The smallest absolute Gasteiger partial charge is 0.356 e. The highest BCUT2D eigenvalue weighted by Crippen LogP contribution is 2.18. The molecule has 4 aromatic rings.